The van der Waals surface area contributed by atoms with Crippen LogP contribution in [0, 0.1) is 11.8 Å². The molecule has 1 fully saturated rings. The molecule has 0 bridgehead atoms. The molecule has 1 unspecified atom stereocenters. The lowest BCUT2D eigenvalue weighted by atomic mass is 9.80. The number of benzene rings is 2. The van der Waals surface area contributed by atoms with Crippen LogP contribution in [0.15, 0.2) is 94.4 Å². The van der Waals surface area contributed by atoms with Crippen molar-refractivity contribution < 1.29 is 9.39 Å². The Morgan fingerprint density at radius 2 is 1.83 bits per heavy atom. The van der Waals surface area contributed by atoms with Crippen molar-refractivity contribution in [2.75, 3.05) is 6.54 Å². The summed E-state index contributed by atoms with van der Waals surface area (Å²) in [5, 5.41) is 4.25. The van der Waals surface area contributed by atoms with Gasteiger partial charge in [-0.1, -0.05) is 36.4 Å². The average Bonchev–Trinajstić information content (AvgIpc) is 3.46. The highest BCUT2D eigenvalue weighted by atomic mass is 16.1. The third-order valence-electron chi connectivity index (χ3n) is 7.41. The third kappa shape index (κ3) is 3.92. The zero-order valence-corrected chi connectivity index (χ0v) is 19.5. The van der Waals surface area contributed by atoms with Crippen molar-refractivity contribution in [2.45, 2.75) is 25.7 Å². The minimum Gasteiger partial charge on any atom is -0.352 e. The lowest BCUT2D eigenvalue weighted by molar-refractivity contribution is -0.750. The zero-order chi connectivity index (χ0) is 23.8. The molecule has 0 radical (unpaired) electrons. The number of carbonyl (C=O) groups is 1. The predicted octanol–water partition coefficient (Wildman–Crippen LogP) is 4.62. The molecule has 4 N–H and O–H groups in total. The molecule has 1 aromatic heterocycles. The van der Waals surface area contributed by atoms with E-state index < -0.39 is 0 Å². The molecule has 1 saturated carbocycles. The van der Waals surface area contributed by atoms with Crippen LogP contribution in [-0.4, -0.2) is 34.1 Å². The molecule has 1 aliphatic carbocycles. The number of aromatic nitrogens is 1. The van der Waals surface area contributed by atoms with Crippen molar-refractivity contribution in [3.05, 3.63) is 95.7 Å². The highest BCUT2D eigenvalue weighted by Gasteiger charge is 2.46. The smallest absolute Gasteiger partial charge is 0.281 e. The summed E-state index contributed by atoms with van der Waals surface area (Å²) in [7, 11) is 0. The molecule has 3 aromatic rings. The van der Waals surface area contributed by atoms with Gasteiger partial charge in [0.05, 0.1) is 12.4 Å². The number of amidine groups is 1. The van der Waals surface area contributed by atoms with Gasteiger partial charge in [-0.15, -0.1) is 4.59 Å². The van der Waals surface area contributed by atoms with E-state index in [1.54, 1.807) is 6.20 Å². The van der Waals surface area contributed by atoms with Crippen LogP contribution in [0.25, 0.3) is 10.9 Å². The average molecular weight is 466 g/mol. The molecule has 0 spiro atoms. The van der Waals surface area contributed by atoms with Crippen LogP contribution in [0.1, 0.15) is 41.7 Å². The molecule has 7 heteroatoms. The number of carbonyl (C=O) groups excluding carboxylic acids is 1. The van der Waals surface area contributed by atoms with Gasteiger partial charge in [0.2, 0.25) is 5.70 Å². The first-order valence-corrected chi connectivity index (χ1v) is 12.3. The number of quaternary nitrogens is 1. The SMILES string of the molecule is N[N+]12C=CN=CC1=C(C1CCC(CNC(=O)c3ccccc3)CC1)N=C2c1cc2ccccc2[nH]1. The molecule has 2 aromatic carbocycles. The number of nitrogens with two attached hydrogens (primary N) is 1. The fourth-order valence-electron chi connectivity index (χ4n) is 5.45. The Labute approximate surface area is 204 Å². The van der Waals surface area contributed by atoms with E-state index >= 15 is 0 Å². The van der Waals surface area contributed by atoms with E-state index in [0.717, 1.165) is 59.5 Å². The minimum atomic E-state index is -0.00329. The molecule has 7 nitrogen and oxygen atoms in total. The van der Waals surface area contributed by atoms with Crippen molar-refractivity contribution in [1.29, 1.82) is 0 Å². The first-order valence-electron chi connectivity index (χ1n) is 12.3. The summed E-state index contributed by atoms with van der Waals surface area (Å²) < 4.78 is 0.0404. The maximum absolute atomic E-state index is 12.4. The summed E-state index contributed by atoms with van der Waals surface area (Å²) >= 11 is 0. The van der Waals surface area contributed by atoms with Crippen LogP contribution < -0.4 is 11.2 Å². The number of allylic oxidation sites excluding steroid dienone is 2. The van der Waals surface area contributed by atoms with Crippen LogP contribution in [0.5, 0.6) is 0 Å². The van der Waals surface area contributed by atoms with Crippen molar-refractivity contribution in [2.24, 2.45) is 27.7 Å². The fourth-order valence-corrected chi connectivity index (χ4v) is 5.45. The number of hydrogen-bond donors (Lipinski definition) is 3. The number of nitrogens with one attached hydrogen (secondary N) is 2. The number of hydrogen-bond acceptors (Lipinski definition) is 4. The molecule has 3 heterocycles. The highest BCUT2D eigenvalue weighted by Crippen LogP contribution is 2.41. The van der Waals surface area contributed by atoms with Gasteiger partial charge in [0.1, 0.15) is 17.6 Å². The molecule has 6 rings (SSSR count). The van der Waals surface area contributed by atoms with E-state index in [4.69, 9.17) is 10.8 Å². The quantitative estimate of drug-likeness (QED) is 0.379. The van der Waals surface area contributed by atoms with Crippen LogP contribution in [0.4, 0.5) is 0 Å². The second-order valence-corrected chi connectivity index (χ2v) is 9.62. The lowest BCUT2D eigenvalue weighted by Crippen LogP contribution is -2.53. The summed E-state index contributed by atoms with van der Waals surface area (Å²) in [6, 6.07) is 19.7. The van der Waals surface area contributed by atoms with Crippen LogP contribution in [0.3, 0.4) is 0 Å². The lowest BCUT2D eigenvalue weighted by Gasteiger charge is -2.29. The van der Waals surface area contributed by atoms with E-state index in [0.29, 0.717) is 23.9 Å². The van der Waals surface area contributed by atoms with Crippen LogP contribution >= 0.6 is 0 Å². The van der Waals surface area contributed by atoms with Gasteiger partial charge in [-0.2, -0.15) is 10.8 Å². The summed E-state index contributed by atoms with van der Waals surface area (Å²) in [5.74, 6) is 8.52. The number of amides is 1. The van der Waals surface area contributed by atoms with Crippen LogP contribution in [-0.2, 0) is 0 Å². The summed E-state index contributed by atoms with van der Waals surface area (Å²) in [6.07, 6.45) is 9.64. The topological polar surface area (TPSA) is 95.6 Å². The van der Waals surface area contributed by atoms with Gasteiger partial charge in [-0.3, -0.25) is 9.79 Å². The van der Waals surface area contributed by atoms with E-state index in [1.165, 1.54) is 0 Å². The first-order chi connectivity index (χ1) is 17.1. The van der Waals surface area contributed by atoms with Gasteiger partial charge in [-0.25, -0.2) is 0 Å². The molecule has 0 saturated heterocycles. The molecule has 3 aliphatic rings. The highest BCUT2D eigenvalue weighted by molar-refractivity contribution is 6.02. The Morgan fingerprint density at radius 1 is 1.06 bits per heavy atom. The molecule has 2 aliphatic heterocycles. The summed E-state index contributed by atoms with van der Waals surface area (Å²) in [4.78, 5) is 25.4. The Bertz CT molecular complexity index is 1360. The molecule has 1 amide bonds. The number of rotatable bonds is 5. The van der Waals surface area contributed by atoms with E-state index in [1.807, 2.05) is 54.9 Å². The molecule has 176 valence electrons. The van der Waals surface area contributed by atoms with Gasteiger partial charge in [-0.05, 0) is 55.9 Å². The van der Waals surface area contributed by atoms with Gasteiger partial charge in [0.25, 0.3) is 11.7 Å². The summed E-state index contributed by atoms with van der Waals surface area (Å²) in [6.45, 7) is 0.705. The second-order valence-electron chi connectivity index (χ2n) is 9.62. The van der Waals surface area contributed by atoms with Gasteiger partial charge in [0, 0.05) is 28.9 Å². The molecule has 35 heavy (non-hydrogen) atoms. The molecule has 1 atom stereocenters. The van der Waals surface area contributed by atoms with Crippen molar-refractivity contribution in [3.63, 3.8) is 0 Å². The normalized spacial score (nSPS) is 25.6. The van der Waals surface area contributed by atoms with E-state index in [-0.39, 0.29) is 10.5 Å². The van der Waals surface area contributed by atoms with Gasteiger partial charge in [0.15, 0.2) is 0 Å². The van der Waals surface area contributed by atoms with Crippen molar-refractivity contribution in [1.82, 2.24) is 10.3 Å². The number of fused-ring (bicyclic) bond motifs is 2. The Morgan fingerprint density at radius 3 is 2.63 bits per heavy atom. The molecular weight excluding hydrogens is 436 g/mol. The zero-order valence-electron chi connectivity index (χ0n) is 19.5. The van der Waals surface area contributed by atoms with E-state index in [2.05, 4.69) is 33.5 Å². The second kappa shape index (κ2) is 8.76. The predicted molar refractivity (Wildman–Crippen MR) is 138 cm³/mol. The number of nitrogens with zero attached hydrogens (tertiary/aromatic N) is 3. The minimum absolute atomic E-state index is 0.00329. The monoisotopic (exact) mass is 465 g/mol. The third-order valence-corrected chi connectivity index (χ3v) is 7.41. The van der Waals surface area contributed by atoms with Crippen molar-refractivity contribution in [3.8, 4) is 0 Å². The molecular formula is C28H29N6O+. The Hall–Kier alpha value is -3.81. The Balaban J connectivity index is 1.18. The van der Waals surface area contributed by atoms with Crippen molar-refractivity contribution >= 4 is 28.9 Å². The van der Waals surface area contributed by atoms with Crippen LogP contribution in [0.2, 0.25) is 0 Å². The first kappa shape index (κ1) is 21.7. The van der Waals surface area contributed by atoms with E-state index in [9.17, 15) is 4.79 Å². The maximum Gasteiger partial charge on any atom is 0.281 e. The van der Waals surface area contributed by atoms with Gasteiger partial charge < -0.3 is 10.3 Å². The maximum atomic E-state index is 12.4. The number of aliphatic imine (C=N–C) groups is 2. The summed E-state index contributed by atoms with van der Waals surface area (Å²) in [5.41, 5.74) is 4.70. The fraction of sp³-hybridized carbons (Fsp3) is 0.250. The Kier molecular flexibility index (Phi) is 5.43. The number of para-hydroxylation sites is 1. The largest absolute Gasteiger partial charge is 0.352 e. The standard InChI is InChI=1S/C28H28N6O/c29-34-15-14-30-18-25(34)26(33-27(34)24-16-22-8-4-5-9-23(22)32-24)20-12-10-19(11-13-20)17-31-28(35)21-6-2-1-3-7-21/h1-9,14-16,18-20H,10-13,17,29H2,(H-,30,31,32,33,35)/p+1. The number of H-pyrrole nitrogens is 1. The van der Waals surface area contributed by atoms with Gasteiger partial charge >= 0.3 is 0 Å². The number of aromatic amines is 1.